The lowest BCUT2D eigenvalue weighted by atomic mass is 9.74. The predicted molar refractivity (Wildman–Crippen MR) is 153 cm³/mol. The van der Waals surface area contributed by atoms with Gasteiger partial charge in [0.2, 0.25) is 11.8 Å². The summed E-state index contributed by atoms with van der Waals surface area (Å²) in [6, 6.07) is 14.9. The normalized spacial score (nSPS) is 31.5. The molecule has 0 bridgehead atoms. The van der Waals surface area contributed by atoms with Gasteiger partial charge >= 0.3 is 0 Å². The SMILES string of the molecule is CC[C@@H](CO)N1C(=O)[C@@H]2[C@H]3C(=O)N(c4ccccc4)CC=C[C@@]3(C)O[C@@]23C=CCN(c2ccc(OC)cc2)C(=O)C13. The van der Waals surface area contributed by atoms with Crippen molar-refractivity contribution in [2.75, 3.05) is 36.6 Å². The van der Waals surface area contributed by atoms with Gasteiger partial charge in [0, 0.05) is 24.5 Å². The first-order valence-electron chi connectivity index (χ1n) is 14.1. The molecule has 4 aliphatic heterocycles. The fourth-order valence-corrected chi connectivity index (χ4v) is 7.10. The molecule has 1 spiro atoms. The van der Waals surface area contributed by atoms with E-state index in [1.165, 1.54) is 4.90 Å². The number of anilines is 2. The van der Waals surface area contributed by atoms with Gasteiger partial charge in [-0.15, -0.1) is 0 Å². The van der Waals surface area contributed by atoms with Crippen molar-refractivity contribution in [1.82, 2.24) is 4.90 Å². The van der Waals surface area contributed by atoms with Crippen molar-refractivity contribution < 1.29 is 29.0 Å². The van der Waals surface area contributed by atoms with Crippen molar-refractivity contribution in [2.45, 2.75) is 43.6 Å². The Bertz CT molecular complexity index is 1400. The second kappa shape index (κ2) is 10.2. The molecular formula is C32H35N3O6. The number of amides is 3. The Morgan fingerprint density at radius 1 is 0.902 bits per heavy atom. The summed E-state index contributed by atoms with van der Waals surface area (Å²) in [5, 5.41) is 10.3. The molecule has 1 N–H and O–H groups in total. The molecule has 0 saturated carbocycles. The summed E-state index contributed by atoms with van der Waals surface area (Å²) in [5.41, 5.74) is -1.13. The molecule has 1 unspecified atom stereocenters. The van der Waals surface area contributed by atoms with Crippen LogP contribution in [0, 0.1) is 11.8 Å². The van der Waals surface area contributed by atoms with E-state index in [9.17, 15) is 19.5 Å². The average Bonchev–Trinajstić information content (AvgIpc) is 3.26. The zero-order valence-corrected chi connectivity index (χ0v) is 23.5. The Morgan fingerprint density at radius 2 is 1.54 bits per heavy atom. The van der Waals surface area contributed by atoms with Crippen LogP contribution in [0.15, 0.2) is 78.9 Å². The van der Waals surface area contributed by atoms with Crippen molar-refractivity contribution in [2.24, 2.45) is 11.8 Å². The lowest BCUT2D eigenvalue weighted by molar-refractivity contribution is -0.148. The van der Waals surface area contributed by atoms with E-state index in [4.69, 9.17) is 9.47 Å². The number of aliphatic hydroxyl groups excluding tert-OH is 1. The van der Waals surface area contributed by atoms with E-state index in [0.717, 1.165) is 5.69 Å². The first kappa shape index (κ1) is 27.2. The molecule has 41 heavy (non-hydrogen) atoms. The average molecular weight is 558 g/mol. The number of likely N-dealkylation sites (tertiary alicyclic amines) is 1. The van der Waals surface area contributed by atoms with Crippen molar-refractivity contribution in [3.8, 4) is 5.75 Å². The molecule has 9 heteroatoms. The Morgan fingerprint density at radius 3 is 2.17 bits per heavy atom. The van der Waals surface area contributed by atoms with Crippen molar-refractivity contribution >= 4 is 29.1 Å². The van der Waals surface area contributed by atoms with E-state index in [0.29, 0.717) is 24.4 Å². The number of methoxy groups -OCH3 is 1. The lowest BCUT2D eigenvalue weighted by Crippen LogP contribution is -2.58. The third-order valence-corrected chi connectivity index (χ3v) is 9.02. The number of benzene rings is 2. The Kier molecular flexibility index (Phi) is 6.74. The molecule has 9 nitrogen and oxygen atoms in total. The van der Waals surface area contributed by atoms with E-state index in [1.54, 1.807) is 41.2 Å². The molecule has 2 aromatic carbocycles. The van der Waals surface area contributed by atoms with E-state index in [1.807, 2.05) is 68.5 Å². The van der Waals surface area contributed by atoms with Crippen LogP contribution in [0.3, 0.4) is 0 Å². The summed E-state index contributed by atoms with van der Waals surface area (Å²) >= 11 is 0. The maximum Gasteiger partial charge on any atom is 0.253 e. The van der Waals surface area contributed by atoms with Gasteiger partial charge in [0.15, 0.2) is 0 Å². The van der Waals surface area contributed by atoms with Gasteiger partial charge in [-0.1, -0.05) is 49.4 Å². The smallest absolute Gasteiger partial charge is 0.253 e. The van der Waals surface area contributed by atoms with E-state index >= 15 is 0 Å². The van der Waals surface area contributed by atoms with Gasteiger partial charge in [-0.3, -0.25) is 14.4 Å². The molecular weight excluding hydrogens is 522 g/mol. The summed E-state index contributed by atoms with van der Waals surface area (Å²) in [5.74, 6) is -2.06. The van der Waals surface area contributed by atoms with Crippen LogP contribution in [-0.4, -0.2) is 77.8 Å². The molecule has 6 rings (SSSR count). The zero-order valence-electron chi connectivity index (χ0n) is 23.5. The molecule has 0 radical (unpaired) electrons. The third-order valence-electron chi connectivity index (χ3n) is 9.02. The van der Waals surface area contributed by atoms with Crippen LogP contribution in [0.25, 0.3) is 0 Å². The Labute approximate surface area is 239 Å². The van der Waals surface area contributed by atoms with E-state index < -0.39 is 35.1 Å². The fourth-order valence-electron chi connectivity index (χ4n) is 7.10. The summed E-state index contributed by atoms with van der Waals surface area (Å²) < 4.78 is 12.2. The number of para-hydroxylation sites is 1. The zero-order chi connectivity index (χ0) is 28.9. The first-order valence-corrected chi connectivity index (χ1v) is 14.1. The van der Waals surface area contributed by atoms with Crippen LogP contribution in [-0.2, 0) is 19.1 Å². The molecule has 3 amide bonds. The highest BCUT2D eigenvalue weighted by atomic mass is 16.5. The summed E-state index contributed by atoms with van der Waals surface area (Å²) in [6.07, 6.45) is 7.87. The van der Waals surface area contributed by atoms with Crippen molar-refractivity contribution in [3.05, 3.63) is 78.9 Å². The molecule has 4 aliphatic rings. The highest BCUT2D eigenvalue weighted by molar-refractivity contribution is 6.07. The van der Waals surface area contributed by atoms with Crippen LogP contribution >= 0.6 is 0 Å². The maximum atomic E-state index is 14.5. The van der Waals surface area contributed by atoms with Gasteiger partial charge < -0.3 is 29.3 Å². The molecule has 214 valence electrons. The Balaban J connectivity index is 1.48. The van der Waals surface area contributed by atoms with Crippen molar-refractivity contribution in [1.29, 1.82) is 0 Å². The number of aliphatic hydroxyl groups is 1. The van der Waals surface area contributed by atoms with Gasteiger partial charge in [-0.05, 0) is 49.7 Å². The summed E-state index contributed by atoms with van der Waals surface area (Å²) in [6.45, 7) is 3.99. The molecule has 2 aromatic rings. The largest absolute Gasteiger partial charge is 0.497 e. The quantitative estimate of drug-likeness (QED) is 0.549. The molecule has 0 aliphatic carbocycles. The molecule has 4 heterocycles. The van der Waals surface area contributed by atoms with E-state index in [-0.39, 0.29) is 30.9 Å². The second-order valence-electron chi connectivity index (χ2n) is 11.2. The highest BCUT2D eigenvalue weighted by Crippen LogP contribution is 2.58. The van der Waals surface area contributed by atoms with Crippen LogP contribution in [0.4, 0.5) is 11.4 Å². The number of nitrogens with zero attached hydrogens (tertiary/aromatic N) is 3. The predicted octanol–water partition coefficient (Wildman–Crippen LogP) is 2.94. The number of hydrogen-bond donors (Lipinski definition) is 1. The number of carbonyl (C=O) groups is 3. The monoisotopic (exact) mass is 557 g/mol. The minimum Gasteiger partial charge on any atom is -0.497 e. The van der Waals surface area contributed by atoms with Gasteiger partial charge in [0.25, 0.3) is 5.91 Å². The van der Waals surface area contributed by atoms with Crippen LogP contribution < -0.4 is 14.5 Å². The van der Waals surface area contributed by atoms with Crippen LogP contribution in [0.2, 0.25) is 0 Å². The van der Waals surface area contributed by atoms with Gasteiger partial charge in [-0.25, -0.2) is 0 Å². The van der Waals surface area contributed by atoms with Crippen molar-refractivity contribution in [3.63, 3.8) is 0 Å². The summed E-state index contributed by atoms with van der Waals surface area (Å²) in [4.78, 5) is 48.2. The minimum atomic E-state index is -1.39. The van der Waals surface area contributed by atoms with Crippen LogP contribution in [0.5, 0.6) is 5.75 Å². The molecule has 2 fully saturated rings. The van der Waals surface area contributed by atoms with Gasteiger partial charge in [0.1, 0.15) is 17.4 Å². The minimum absolute atomic E-state index is 0.228. The molecule has 0 aromatic heterocycles. The van der Waals surface area contributed by atoms with E-state index in [2.05, 4.69) is 0 Å². The lowest BCUT2D eigenvalue weighted by Gasteiger charge is -2.40. The second-order valence-corrected chi connectivity index (χ2v) is 11.2. The number of carbonyl (C=O) groups excluding carboxylic acids is 3. The number of ether oxygens (including phenoxy) is 2. The summed E-state index contributed by atoms with van der Waals surface area (Å²) in [7, 11) is 1.58. The highest BCUT2D eigenvalue weighted by Gasteiger charge is 2.75. The maximum absolute atomic E-state index is 14.5. The standard InChI is InChI=1S/C32H35N3O6/c1-4-21(20-36)35-27-30(39)34(23-12-14-24(40-3)15-13-23)19-9-17-32(27)26(29(35)38)25-28(37)33(22-10-6-5-7-11-22)18-8-16-31(25,2)41-32/h5-17,21,25-27,36H,4,18-20H2,1-3H3/t21-,25-,26-,27?,31+,32-/m0/s1. The molecule has 6 atom stereocenters. The topological polar surface area (TPSA) is 99.6 Å². The van der Waals surface area contributed by atoms with Gasteiger partial charge in [0.05, 0.1) is 37.2 Å². The molecule has 2 saturated heterocycles. The van der Waals surface area contributed by atoms with Crippen LogP contribution in [0.1, 0.15) is 20.3 Å². The first-order chi connectivity index (χ1) is 19.8. The third kappa shape index (κ3) is 4.01. The number of hydrogen-bond acceptors (Lipinski definition) is 6. The fraction of sp³-hybridized carbons (Fsp3) is 0.406. The number of fused-ring (bicyclic) bond motifs is 2. The Hall–Kier alpha value is -3.95. The van der Waals surface area contributed by atoms with Gasteiger partial charge in [-0.2, -0.15) is 0 Å². The number of rotatable bonds is 6.